The highest BCUT2D eigenvalue weighted by atomic mass is 35.5. The largest absolute Gasteiger partial charge is 0.465 e. The van der Waals surface area contributed by atoms with Crippen LogP contribution in [0.2, 0.25) is 5.02 Å². The number of anilines is 1. The van der Waals surface area contributed by atoms with E-state index in [1.165, 1.54) is 37.4 Å². The Morgan fingerprint density at radius 2 is 2.00 bits per heavy atom. The first-order chi connectivity index (χ1) is 9.51. The Morgan fingerprint density at radius 3 is 2.65 bits per heavy atom. The van der Waals surface area contributed by atoms with Gasteiger partial charge in [0.1, 0.15) is 11.6 Å². The summed E-state index contributed by atoms with van der Waals surface area (Å²) in [5.74, 6) is -0.667. The van der Waals surface area contributed by atoms with Crippen LogP contribution >= 0.6 is 11.6 Å². The van der Waals surface area contributed by atoms with Crippen molar-refractivity contribution in [2.45, 2.75) is 0 Å². The van der Waals surface area contributed by atoms with E-state index in [-0.39, 0.29) is 22.1 Å². The van der Waals surface area contributed by atoms with E-state index >= 15 is 0 Å². The monoisotopic (exact) mass is 295 g/mol. The van der Waals surface area contributed by atoms with Gasteiger partial charge >= 0.3 is 5.97 Å². The number of hydrogen-bond acceptors (Lipinski definition) is 4. The fourth-order valence-corrected chi connectivity index (χ4v) is 1.65. The summed E-state index contributed by atoms with van der Waals surface area (Å²) in [7, 11) is 1.27. The third-order valence-corrected chi connectivity index (χ3v) is 2.86. The summed E-state index contributed by atoms with van der Waals surface area (Å²) in [4.78, 5) is 11.4. The SMILES string of the molecule is COC(=O)c1ccc(N)c(Oc2ccc(Cl)c(F)c2)c1. The topological polar surface area (TPSA) is 61.5 Å². The lowest BCUT2D eigenvalue weighted by Gasteiger charge is -2.10. The highest BCUT2D eigenvalue weighted by Crippen LogP contribution is 2.30. The number of hydrogen-bond donors (Lipinski definition) is 1. The minimum atomic E-state index is -0.605. The average molecular weight is 296 g/mol. The van der Waals surface area contributed by atoms with Gasteiger partial charge in [0.25, 0.3) is 0 Å². The van der Waals surface area contributed by atoms with Crippen LogP contribution in [-0.4, -0.2) is 13.1 Å². The van der Waals surface area contributed by atoms with Crippen molar-refractivity contribution in [3.63, 3.8) is 0 Å². The Labute approximate surface area is 119 Å². The molecule has 0 atom stereocenters. The van der Waals surface area contributed by atoms with Gasteiger partial charge in [0, 0.05) is 6.07 Å². The molecule has 0 amide bonds. The zero-order valence-electron chi connectivity index (χ0n) is 10.5. The first kappa shape index (κ1) is 14.1. The van der Waals surface area contributed by atoms with Crippen LogP contribution in [0.15, 0.2) is 36.4 Å². The number of benzene rings is 2. The van der Waals surface area contributed by atoms with Crippen LogP contribution in [-0.2, 0) is 4.74 Å². The Hall–Kier alpha value is -2.27. The van der Waals surface area contributed by atoms with Gasteiger partial charge in [0.2, 0.25) is 0 Å². The predicted molar refractivity (Wildman–Crippen MR) is 73.7 cm³/mol. The summed E-state index contributed by atoms with van der Waals surface area (Å²) in [6.07, 6.45) is 0. The maximum Gasteiger partial charge on any atom is 0.337 e. The van der Waals surface area contributed by atoms with E-state index in [4.69, 9.17) is 22.1 Å². The second kappa shape index (κ2) is 5.79. The molecule has 0 aliphatic heterocycles. The van der Waals surface area contributed by atoms with Gasteiger partial charge in [-0.1, -0.05) is 11.6 Å². The van der Waals surface area contributed by atoms with E-state index < -0.39 is 11.8 Å². The van der Waals surface area contributed by atoms with Gasteiger partial charge in [-0.2, -0.15) is 0 Å². The zero-order valence-corrected chi connectivity index (χ0v) is 11.3. The van der Waals surface area contributed by atoms with Crippen LogP contribution in [0.1, 0.15) is 10.4 Å². The predicted octanol–water partition coefficient (Wildman–Crippen LogP) is 3.64. The van der Waals surface area contributed by atoms with Gasteiger partial charge in [-0.05, 0) is 30.3 Å². The molecule has 0 aliphatic carbocycles. The molecule has 4 nitrogen and oxygen atoms in total. The van der Waals surface area contributed by atoms with Crippen molar-refractivity contribution in [2.24, 2.45) is 0 Å². The lowest BCUT2D eigenvalue weighted by molar-refractivity contribution is 0.0600. The Bertz CT molecular complexity index is 661. The first-order valence-electron chi connectivity index (χ1n) is 5.62. The van der Waals surface area contributed by atoms with E-state index in [0.29, 0.717) is 5.69 Å². The molecule has 2 N–H and O–H groups in total. The molecular formula is C14H11ClFNO3. The van der Waals surface area contributed by atoms with E-state index in [1.54, 1.807) is 0 Å². The third-order valence-electron chi connectivity index (χ3n) is 2.55. The minimum absolute atomic E-state index is 0.00589. The Kier molecular flexibility index (Phi) is 4.10. The second-order valence-electron chi connectivity index (χ2n) is 3.92. The summed E-state index contributed by atoms with van der Waals surface area (Å²) < 4.78 is 23.4. The Morgan fingerprint density at radius 1 is 1.25 bits per heavy atom. The molecule has 0 radical (unpaired) electrons. The van der Waals surface area contributed by atoms with Gasteiger partial charge in [0.05, 0.1) is 23.4 Å². The lowest BCUT2D eigenvalue weighted by atomic mass is 10.2. The highest BCUT2D eigenvalue weighted by molar-refractivity contribution is 6.30. The van der Waals surface area contributed by atoms with Crippen molar-refractivity contribution in [3.05, 3.63) is 52.8 Å². The third kappa shape index (κ3) is 3.00. The number of rotatable bonds is 3. The number of halogens is 2. The molecule has 0 saturated heterocycles. The number of nitrogens with two attached hydrogens (primary N) is 1. The lowest BCUT2D eigenvalue weighted by Crippen LogP contribution is -2.02. The molecular weight excluding hydrogens is 285 g/mol. The molecule has 0 unspecified atom stereocenters. The van der Waals surface area contributed by atoms with Gasteiger partial charge in [-0.25, -0.2) is 9.18 Å². The van der Waals surface area contributed by atoms with Crippen LogP contribution in [0.5, 0.6) is 11.5 Å². The second-order valence-corrected chi connectivity index (χ2v) is 4.33. The average Bonchev–Trinajstić information content (AvgIpc) is 2.44. The zero-order chi connectivity index (χ0) is 14.7. The smallest absolute Gasteiger partial charge is 0.337 e. The summed E-state index contributed by atoms with van der Waals surface area (Å²) in [5.41, 5.74) is 6.35. The molecule has 0 saturated carbocycles. The summed E-state index contributed by atoms with van der Waals surface area (Å²) in [5, 5.41) is -0.00589. The van der Waals surface area contributed by atoms with Crippen molar-refractivity contribution in [1.82, 2.24) is 0 Å². The molecule has 2 rings (SSSR count). The van der Waals surface area contributed by atoms with Crippen LogP contribution in [0.3, 0.4) is 0 Å². The number of carbonyl (C=O) groups is 1. The maximum absolute atomic E-state index is 13.3. The van der Waals surface area contributed by atoms with Crippen molar-refractivity contribution in [2.75, 3.05) is 12.8 Å². The van der Waals surface area contributed by atoms with E-state index in [1.807, 2.05) is 0 Å². The molecule has 20 heavy (non-hydrogen) atoms. The van der Waals surface area contributed by atoms with E-state index in [9.17, 15) is 9.18 Å². The summed E-state index contributed by atoms with van der Waals surface area (Å²) >= 11 is 5.58. The van der Waals surface area contributed by atoms with Crippen LogP contribution in [0.25, 0.3) is 0 Å². The number of methoxy groups -OCH3 is 1. The molecule has 104 valence electrons. The molecule has 0 bridgehead atoms. The standard InChI is InChI=1S/C14H11ClFNO3/c1-19-14(18)8-2-5-12(17)13(6-8)20-9-3-4-10(15)11(16)7-9/h2-7H,17H2,1H3. The molecule has 0 aromatic heterocycles. The van der Waals surface area contributed by atoms with Crippen molar-refractivity contribution < 1.29 is 18.7 Å². The van der Waals surface area contributed by atoms with Crippen LogP contribution in [0.4, 0.5) is 10.1 Å². The first-order valence-corrected chi connectivity index (χ1v) is 6.00. The molecule has 0 heterocycles. The summed E-state index contributed by atoms with van der Waals surface area (Å²) in [6.45, 7) is 0. The van der Waals surface area contributed by atoms with Crippen molar-refractivity contribution in [3.8, 4) is 11.5 Å². The number of carbonyl (C=O) groups excluding carboxylic acids is 1. The fourth-order valence-electron chi connectivity index (χ4n) is 1.53. The van der Waals surface area contributed by atoms with E-state index in [0.717, 1.165) is 6.07 Å². The highest BCUT2D eigenvalue weighted by Gasteiger charge is 2.11. The maximum atomic E-state index is 13.3. The molecule has 2 aromatic rings. The van der Waals surface area contributed by atoms with Gasteiger partial charge < -0.3 is 15.2 Å². The normalized spacial score (nSPS) is 10.2. The van der Waals surface area contributed by atoms with Gasteiger partial charge in [0.15, 0.2) is 5.75 Å². The van der Waals surface area contributed by atoms with Gasteiger partial charge in [-0.15, -0.1) is 0 Å². The minimum Gasteiger partial charge on any atom is -0.465 e. The number of esters is 1. The van der Waals surface area contributed by atoms with Crippen LogP contribution < -0.4 is 10.5 Å². The van der Waals surface area contributed by atoms with Crippen molar-refractivity contribution >= 4 is 23.3 Å². The number of nitrogen functional groups attached to an aromatic ring is 1. The summed E-state index contributed by atoms with van der Waals surface area (Å²) in [6, 6.07) is 8.44. The van der Waals surface area contributed by atoms with Gasteiger partial charge in [-0.3, -0.25) is 0 Å². The molecule has 0 aliphatic rings. The van der Waals surface area contributed by atoms with Crippen LogP contribution in [0, 0.1) is 5.82 Å². The molecule has 0 fully saturated rings. The number of ether oxygens (including phenoxy) is 2. The van der Waals surface area contributed by atoms with E-state index in [2.05, 4.69) is 4.74 Å². The molecule has 0 spiro atoms. The molecule has 2 aromatic carbocycles. The fraction of sp³-hybridized carbons (Fsp3) is 0.0714. The van der Waals surface area contributed by atoms with Crippen molar-refractivity contribution in [1.29, 1.82) is 0 Å². The molecule has 6 heteroatoms. The quantitative estimate of drug-likeness (QED) is 0.693. The Balaban J connectivity index is 2.32.